The maximum absolute atomic E-state index is 13.8. The molecule has 2 aliphatic heterocycles. The van der Waals surface area contributed by atoms with E-state index < -0.39 is 45.5 Å². The zero-order valence-electron chi connectivity index (χ0n) is 23.6. The molecule has 0 radical (unpaired) electrons. The first-order valence-electron chi connectivity index (χ1n) is 13.8. The van der Waals surface area contributed by atoms with Gasteiger partial charge in [-0.2, -0.15) is 8.42 Å². The molecular weight excluding hydrogens is 528 g/mol. The summed E-state index contributed by atoms with van der Waals surface area (Å²) in [5.41, 5.74) is -2.58. The number of aliphatic hydroxyl groups excluding tert-OH is 1. The molecule has 0 aromatic rings. The summed E-state index contributed by atoms with van der Waals surface area (Å²) in [7, 11) is -4.96. The van der Waals surface area contributed by atoms with Crippen molar-refractivity contribution in [2.24, 2.45) is 35.0 Å². The van der Waals surface area contributed by atoms with Gasteiger partial charge < -0.3 is 26.0 Å². The number of hydrogen-bond donors (Lipinski definition) is 5. The maximum Gasteiger partial charge on any atom is 0.294 e. The number of piperidine rings is 1. The Morgan fingerprint density at radius 3 is 2.28 bits per heavy atom. The van der Waals surface area contributed by atoms with Crippen LogP contribution in [0.25, 0.3) is 0 Å². The summed E-state index contributed by atoms with van der Waals surface area (Å²) in [6.45, 7) is 12.4. The number of carbonyl (C=O) groups excluding carboxylic acids is 4. The SMILES string of the molecule is CC(C)CC(=O)N[C@@H](CC(C)C)C(=O)N1C[C@H]2[C@@H]([C@H]1C(=O)N[C@@H](C[C@@H]1CCNC1=O)C(O)S(=O)(=O)O)C2(C)C. The van der Waals surface area contributed by atoms with Crippen LogP contribution in [0, 0.1) is 35.0 Å². The molecule has 3 rings (SSSR count). The molecule has 12 nitrogen and oxygen atoms in total. The van der Waals surface area contributed by atoms with Crippen molar-refractivity contribution in [2.45, 2.75) is 90.8 Å². The van der Waals surface area contributed by atoms with E-state index in [0.29, 0.717) is 25.9 Å². The molecule has 0 spiro atoms. The van der Waals surface area contributed by atoms with Gasteiger partial charge in [-0.05, 0) is 48.3 Å². The lowest BCUT2D eigenvalue weighted by Gasteiger charge is -2.35. The van der Waals surface area contributed by atoms with Gasteiger partial charge in [-0.25, -0.2) is 0 Å². The number of rotatable bonds is 12. The van der Waals surface area contributed by atoms with E-state index in [4.69, 9.17) is 0 Å². The Morgan fingerprint density at radius 1 is 1.13 bits per heavy atom. The van der Waals surface area contributed by atoms with E-state index in [1.807, 2.05) is 41.5 Å². The molecule has 3 fully saturated rings. The molecule has 7 atom stereocenters. The van der Waals surface area contributed by atoms with Gasteiger partial charge in [0.25, 0.3) is 10.1 Å². The number of aliphatic hydroxyl groups is 1. The van der Waals surface area contributed by atoms with Crippen LogP contribution in [-0.4, -0.2) is 83.3 Å². The van der Waals surface area contributed by atoms with E-state index in [1.165, 1.54) is 4.90 Å². The summed E-state index contributed by atoms with van der Waals surface area (Å²) in [5.74, 6) is -2.25. The monoisotopic (exact) mass is 572 g/mol. The minimum atomic E-state index is -4.96. The molecular formula is C26H44N4O8S. The third kappa shape index (κ3) is 7.10. The fourth-order valence-electron chi connectivity index (χ4n) is 6.23. The van der Waals surface area contributed by atoms with Crippen molar-refractivity contribution in [3.05, 3.63) is 0 Å². The second-order valence-corrected chi connectivity index (χ2v) is 14.3. The summed E-state index contributed by atoms with van der Waals surface area (Å²) in [6.07, 6.45) is 0.835. The topological polar surface area (TPSA) is 182 Å². The number of amides is 4. The minimum absolute atomic E-state index is 0.0359. The zero-order chi connectivity index (χ0) is 29.4. The van der Waals surface area contributed by atoms with Crippen molar-refractivity contribution >= 4 is 33.7 Å². The Balaban J connectivity index is 1.85. The normalized spacial score (nSPS) is 28.1. The van der Waals surface area contributed by atoms with Gasteiger partial charge in [0.05, 0.1) is 6.04 Å². The number of fused-ring (bicyclic) bond motifs is 1. The first kappa shape index (κ1) is 31.3. The zero-order valence-corrected chi connectivity index (χ0v) is 24.5. The first-order chi connectivity index (χ1) is 17.9. The quantitative estimate of drug-likeness (QED) is 0.206. The highest BCUT2D eigenvalue weighted by Gasteiger charge is 2.69. The van der Waals surface area contributed by atoms with Gasteiger partial charge in [0.15, 0.2) is 0 Å². The molecule has 39 heavy (non-hydrogen) atoms. The van der Waals surface area contributed by atoms with E-state index in [1.54, 1.807) is 0 Å². The minimum Gasteiger partial charge on any atom is -0.374 e. The van der Waals surface area contributed by atoms with E-state index in [9.17, 15) is 37.3 Å². The lowest BCUT2D eigenvalue weighted by atomic mass is 9.96. The van der Waals surface area contributed by atoms with E-state index >= 15 is 0 Å². The lowest BCUT2D eigenvalue weighted by Crippen LogP contribution is -2.58. The molecule has 5 N–H and O–H groups in total. The van der Waals surface area contributed by atoms with Gasteiger partial charge in [-0.15, -0.1) is 0 Å². The summed E-state index contributed by atoms with van der Waals surface area (Å²) in [4.78, 5) is 53.6. The van der Waals surface area contributed by atoms with Gasteiger partial charge in [-0.3, -0.25) is 23.7 Å². The highest BCUT2D eigenvalue weighted by atomic mass is 32.2. The summed E-state index contributed by atoms with van der Waals surface area (Å²) in [6, 6.07) is -3.24. The van der Waals surface area contributed by atoms with E-state index in [2.05, 4.69) is 16.0 Å². The fourth-order valence-corrected chi connectivity index (χ4v) is 6.82. The molecule has 1 unspecified atom stereocenters. The molecule has 222 valence electrons. The van der Waals surface area contributed by atoms with Gasteiger partial charge in [0, 0.05) is 25.4 Å². The Hall–Kier alpha value is -2.25. The third-order valence-electron chi connectivity index (χ3n) is 8.37. The number of hydrogen-bond acceptors (Lipinski definition) is 7. The highest BCUT2D eigenvalue weighted by molar-refractivity contribution is 7.86. The van der Waals surface area contributed by atoms with Crippen molar-refractivity contribution in [1.82, 2.24) is 20.9 Å². The third-order valence-corrected chi connectivity index (χ3v) is 9.31. The average molecular weight is 573 g/mol. The molecule has 2 saturated heterocycles. The Kier molecular flexibility index (Phi) is 9.38. The fraction of sp³-hybridized carbons (Fsp3) is 0.846. The molecule has 1 saturated carbocycles. The Morgan fingerprint density at radius 2 is 1.77 bits per heavy atom. The van der Waals surface area contributed by atoms with Gasteiger partial charge >= 0.3 is 0 Å². The Labute approximate surface area is 230 Å². The highest BCUT2D eigenvalue weighted by Crippen LogP contribution is 2.65. The predicted molar refractivity (Wildman–Crippen MR) is 142 cm³/mol. The lowest BCUT2D eigenvalue weighted by molar-refractivity contribution is -0.144. The van der Waals surface area contributed by atoms with Gasteiger partial charge in [0.1, 0.15) is 12.1 Å². The van der Waals surface area contributed by atoms with Crippen LogP contribution in [0.3, 0.4) is 0 Å². The second kappa shape index (κ2) is 11.7. The predicted octanol–water partition coefficient (Wildman–Crippen LogP) is 0.264. The van der Waals surface area contributed by atoms with Crippen LogP contribution in [0.4, 0.5) is 0 Å². The maximum atomic E-state index is 13.8. The van der Waals surface area contributed by atoms with Crippen LogP contribution in [0.15, 0.2) is 0 Å². The molecule has 0 aromatic carbocycles. The van der Waals surface area contributed by atoms with Crippen LogP contribution in [0.5, 0.6) is 0 Å². The van der Waals surface area contributed by atoms with Crippen molar-refractivity contribution in [1.29, 1.82) is 0 Å². The second-order valence-electron chi connectivity index (χ2n) is 12.8. The van der Waals surface area contributed by atoms with Crippen LogP contribution in [-0.2, 0) is 29.3 Å². The molecule has 3 aliphatic rings. The molecule has 0 bridgehead atoms. The van der Waals surface area contributed by atoms with Crippen molar-refractivity contribution in [3.8, 4) is 0 Å². The number of carbonyl (C=O) groups is 4. The van der Waals surface area contributed by atoms with E-state index in [-0.39, 0.29) is 59.6 Å². The molecule has 2 heterocycles. The summed E-state index contributed by atoms with van der Waals surface area (Å²) >= 11 is 0. The van der Waals surface area contributed by atoms with Crippen molar-refractivity contribution in [3.63, 3.8) is 0 Å². The smallest absolute Gasteiger partial charge is 0.294 e. The van der Waals surface area contributed by atoms with Crippen LogP contribution >= 0.6 is 0 Å². The molecule has 0 aromatic heterocycles. The largest absolute Gasteiger partial charge is 0.374 e. The van der Waals surface area contributed by atoms with Gasteiger partial charge in [-0.1, -0.05) is 41.5 Å². The first-order valence-corrected chi connectivity index (χ1v) is 15.3. The number of nitrogens with zero attached hydrogens (tertiary/aromatic N) is 1. The number of likely N-dealkylation sites (tertiary alicyclic amines) is 1. The summed E-state index contributed by atoms with van der Waals surface area (Å²) < 4.78 is 33.1. The van der Waals surface area contributed by atoms with Crippen LogP contribution < -0.4 is 16.0 Å². The standard InChI is InChI=1S/C26H44N4O8S/c1-13(2)9-17(28-19(31)10-14(3)4)24(34)30-12-16-20(26(16,5)6)21(30)23(33)29-18(25(35)39(36,37)38)11-15-7-8-27-22(15)32/h13-18,20-21,25,35H,7-12H2,1-6H3,(H,27,32)(H,28,31)(H,29,33)(H,36,37,38)/t15-,16-,17-,18-,20-,21-,25?/m0/s1. The summed E-state index contributed by atoms with van der Waals surface area (Å²) in [5, 5.41) is 18.4. The van der Waals surface area contributed by atoms with Crippen LogP contribution in [0.2, 0.25) is 0 Å². The van der Waals surface area contributed by atoms with Crippen LogP contribution in [0.1, 0.15) is 67.2 Å². The Bertz CT molecular complexity index is 1080. The average Bonchev–Trinajstić information content (AvgIpc) is 3.15. The van der Waals surface area contributed by atoms with E-state index in [0.717, 1.165) is 0 Å². The van der Waals surface area contributed by atoms with Crippen molar-refractivity contribution in [2.75, 3.05) is 13.1 Å². The molecule has 13 heteroatoms. The molecule has 1 aliphatic carbocycles. The molecule has 4 amide bonds. The van der Waals surface area contributed by atoms with Crippen molar-refractivity contribution < 1.29 is 37.3 Å². The number of nitrogens with one attached hydrogen (secondary N) is 3. The van der Waals surface area contributed by atoms with Gasteiger partial charge in [0.2, 0.25) is 29.1 Å².